The van der Waals surface area contributed by atoms with Crippen molar-refractivity contribution in [3.05, 3.63) is 23.4 Å². The van der Waals surface area contributed by atoms with E-state index in [1.54, 1.807) is 0 Å². The van der Waals surface area contributed by atoms with E-state index in [2.05, 4.69) is 43.6 Å². The summed E-state index contributed by atoms with van der Waals surface area (Å²) in [6.07, 6.45) is 4.58. The Balaban J connectivity index is 2.25. The monoisotopic (exact) mass is 232 g/mol. The molecule has 2 rings (SSSR count). The van der Waals surface area contributed by atoms with E-state index in [4.69, 9.17) is 0 Å². The van der Waals surface area contributed by atoms with Gasteiger partial charge in [0, 0.05) is 19.3 Å². The number of anilines is 1. The zero-order chi connectivity index (χ0) is 12.4. The maximum Gasteiger partial charge on any atom is 0.131 e. The molecule has 0 amide bonds. The Morgan fingerprint density at radius 3 is 2.82 bits per heavy atom. The summed E-state index contributed by atoms with van der Waals surface area (Å²) in [5.41, 5.74) is 2.81. The first-order chi connectivity index (χ1) is 8.13. The Labute approximate surface area is 105 Å². The molecule has 1 aromatic heterocycles. The van der Waals surface area contributed by atoms with Crippen molar-refractivity contribution in [3.8, 4) is 0 Å². The van der Waals surface area contributed by atoms with Crippen molar-refractivity contribution < 1.29 is 0 Å². The van der Waals surface area contributed by atoms with Crippen molar-refractivity contribution >= 4 is 5.82 Å². The molecule has 0 aliphatic carbocycles. The van der Waals surface area contributed by atoms with Gasteiger partial charge in [0.05, 0.1) is 0 Å². The molecule has 1 atom stereocenters. The third-order valence-electron chi connectivity index (χ3n) is 4.00. The van der Waals surface area contributed by atoms with E-state index < -0.39 is 0 Å². The first-order valence-electron chi connectivity index (χ1n) is 6.84. The highest BCUT2D eigenvalue weighted by molar-refractivity contribution is 5.51. The fourth-order valence-corrected chi connectivity index (χ4v) is 2.84. The molecular weight excluding hydrogens is 208 g/mol. The molecule has 1 fully saturated rings. The van der Waals surface area contributed by atoms with Crippen molar-refractivity contribution in [2.24, 2.45) is 5.92 Å². The van der Waals surface area contributed by atoms with Crippen LogP contribution in [0.1, 0.15) is 50.7 Å². The molecule has 0 radical (unpaired) electrons. The van der Waals surface area contributed by atoms with Crippen LogP contribution in [0.2, 0.25) is 0 Å². The van der Waals surface area contributed by atoms with Gasteiger partial charge in [-0.3, -0.25) is 0 Å². The minimum atomic E-state index is 0.585. The molecule has 1 unspecified atom stereocenters. The molecule has 94 valence electrons. The smallest absolute Gasteiger partial charge is 0.131 e. The molecule has 0 saturated carbocycles. The number of rotatable bonds is 3. The van der Waals surface area contributed by atoms with E-state index in [-0.39, 0.29) is 0 Å². The summed E-state index contributed by atoms with van der Waals surface area (Å²) in [5.74, 6) is 2.66. The maximum atomic E-state index is 4.60. The Hall–Kier alpha value is -1.05. The first-order valence-corrected chi connectivity index (χ1v) is 6.84. The predicted octanol–water partition coefficient (Wildman–Crippen LogP) is 3.75. The summed E-state index contributed by atoms with van der Waals surface area (Å²) in [7, 11) is 0. The molecule has 17 heavy (non-hydrogen) atoms. The fraction of sp³-hybridized carbons (Fsp3) is 0.667. The van der Waals surface area contributed by atoms with Crippen LogP contribution in [0.5, 0.6) is 0 Å². The Morgan fingerprint density at radius 1 is 1.47 bits per heavy atom. The zero-order valence-corrected chi connectivity index (χ0v) is 11.5. The second-order valence-corrected chi connectivity index (χ2v) is 5.51. The van der Waals surface area contributed by atoms with Crippen molar-refractivity contribution in [1.29, 1.82) is 0 Å². The van der Waals surface area contributed by atoms with E-state index in [0.29, 0.717) is 5.92 Å². The lowest BCUT2D eigenvalue weighted by Crippen LogP contribution is -2.22. The first kappa shape index (κ1) is 12.4. The van der Waals surface area contributed by atoms with Gasteiger partial charge in [0.25, 0.3) is 0 Å². The topological polar surface area (TPSA) is 16.1 Å². The molecule has 1 saturated heterocycles. The van der Waals surface area contributed by atoms with Gasteiger partial charge in [-0.15, -0.1) is 0 Å². The highest BCUT2D eigenvalue weighted by Crippen LogP contribution is 2.30. The lowest BCUT2D eigenvalue weighted by molar-refractivity contribution is 0.568. The van der Waals surface area contributed by atoms with Gasteiger partial charge in [-0.2, -0.15) is 0 Å². The van der Waals surface area contributed by atoms with Gasteiger partial charge in [-0.25, -0.2) is 4.98 Å². The van der Waals surface area contributed by atoms with E-state index in [1.165, 1.54) is 42.9 Å². The zero-order valence-electron chi connectivity index (χ0n) is 11.5. The van der Waals surface area contributed by atoms with Crippen LogP contribution in [0.4, 0.5) is 5.82 Å². The summed E-state index contributed by atoms with van der Waals surface area (Å²) in [4.78, 5) is 7.07. The van der Waals surface area contributed by atoms with Crippen molar-refractivity contribution in [2.45, 2.75) is 46.5 Å². The standard InChI is InChI=1S/C15H24N2/c1-5-13-7-9-17(10-13)15-12(4)14(11(2)3)6-8-16-15/h6,8,11,13H,5,7,9-10H2,1-4H3. The minimum absolute atomic E-state index is 0.585. The largest absolute Gasteiger partial charge is 0.356 e. The van der Waals surface area contributed by atoms with Crippen LogP contribution in [0.15, 0.2) is 12.3 Å². The lowest BCUT2D eigenvalue weighted by atomic mass is 9.99. The van der Waals surface area contributed by atoms with E-state index in [0.717, 1.165) is 5.92 Å². The normalized spacial score (nSPS) is 20.3. The number of nitrogens with zero attached hydrogens (tertiary/aromatic N) is 2. The summed E-state index contributed by atoms with van der Waals surface area (Å²) < 4.78 is 0. The van der Waals surface area contributed by atoms with Crippen LogP contribution >= 0.6 is 0 Å². The molecule has 1 aliphatic rings. The Bertz CT molecular complexity index is 385. The quantitative estimate of drug-likeness (QED) is 0.789. The Kier molecular flexibility index (Phi) is 3.70. The summed E-state index contributed by atoms with van der Waals surface area (Å²) in [6.45, 7) is 11.4. The maximum absolute atomic E-state index is 4.60. The molecular formula is C15H24N2. The van der Waals surface area contributed by atoms with Gasteiger partial charge in [0.2, 0.25) is 0 Å². The van der Waals surface area contributed by atoms with Gasteiger partial charge in [0.15, 0.2) is 0 Å². The van der Waals surface area contributed by atoms with Crippen LogP contribution < -0.4 is 4.90 Å². The van der Waals surface area contributed by atoms with Gasteiger partial charge >= 0.3 is 0 Å². The van der Waals surface area contributed by atoms with Gasteiger partial charge in [-0.1, -0.05) is 27.2 Å². The Morgan fingerprint density at radius 2 is 2.24 bits per heavy atom. The summed E-state index contributed by atoms with van der Waals surface area (Å²) in [5, 5.41) is 0. The summed E-state index contributed by atoms with van der Waals surface area (Å²) >= 11 is 0. The van der Waals surface area contributed by atoms with Crippen LogP contribution in [0, 0.1) is 12.8 Å². The minimum Gasteiger partial charge on any atom is -0.356 e. The van der Waals surface area contributed by atoms with Crippen molar-refractivity contribution in [1.82, 2.24) is 4.98 Å². The van der Waals surface area contributed by atoms with Crippen LogP contribution in [0.25, 0.3) is 0 Å². The number of pyridine rings is 1. The summed E-state index contributed by atoms with van der Waals surface area (Å²) in [6, 6.07) is 2.16. The number of hydrogen-bond donors (Lipinski definition) is 0. The van der Waals surface area contributed by atoms with E-state index in [1.807, 2.05) is 6.20 Å². The second-order valence-electron chi connectivity index (χ2n) is 5.51. The molecule has 1 aliphatic heterocycles. The van der Waals surface area contributed by atoms with E-state index >= 15 is 0 Å². The average Bonchev–Trinajstić information content (AvgIpc) is 2.77. The number of hydrogen-bond acceptors (Lipinski definition) is 2. The molecule has 0 bridgehead atoms. The molecule has 2 nitrogen and oxygen atoms in total. The average molecular weight is 232 g/mol. The predicted molar refractivity (Wildman–Crippen MR) is 73.7 cm³/mol. The molecule has 2 heterocycles. The van der Waals surface area contributed by atoms with E-state index in [9.17, 15) is 0 Å². The van der Waals surface area contributed by atoms with Crippen molar-refractivity contribution in [2.75, 3.05) is 18.0 Å². The second kappa shape index (κ2) is 5.07. The molecule has 0 aromatic carbocycles. The SMILES string of the molecule is CCC1CCN(c2nccc(C(C)C)c2C)C1. The highest BCUT2D eigenvalue weighted by atomic mass is 15.2. The van der Waals surface area contributed by atoms with Crippen LogP contribution in [0.3, 0.4) is 0 Å². The fourth-order valence-electron chi connectivity index (χ4n) is 2.84. The lowest BCUT2D eigenvalue weighted by Gasteiger charge is -2.22. The highest BCUT2D eigenvalue weighted by Gasteiger charge is 2.23. The molecule has 2 heteroatoms. The van der Waals surface area contributed by atoms with Crippen molar-refractivity contribution in [3.63, 3.8) is 0 Å². The number of aromatic nitrogens is 1. The molecule has 1 aromatic rings. The van der Waals surface area contributed by atoms with Gasteiger partial charge in [0.1, 0.15) is 5.82 Å². The third-order valence-corrected chi connectivity index (χ3v) is 4.00. The van der Waals surface area contributed by atoms with Gasteiger partial charge in [-0.05, 0) is 42.4 Å². The molecule has 0 N–H and O–H groups in total. The van der Waals surface area contributed by atoms with Gasteiger partial charge < -0.3 is 4.90 Å². The van der Waals surface area contributed by atoms with Crippen LogP contribution in [-0.2, 0) is 0 Å². The van der Waals surface area contributed by atoms with Crippen LogP contribution in [-0.4, -0.2) is 18.1 Å². The third kappa shape index (κ3) is 2.46. The molecule has 0 spiro atoms.